The van der Waals surface area contributed by atoms with Gasteiger partial charge in [-0.2, -0.15) is 0 Å². The second-order valence-corrected chi connectivity index (χ2v) is 5.08. The first kappa shape index (κ1) is 13.3. The van der Waals surface area contributed by atoms with Crippen LogP contribution in [0.25, 0.3) is 0 Å². The third kappa shape index (κ3) is 3.43. The molecule has 0 radical (unpaired) electrons. The van der Waals surface area contributed by atoms with Gasteiger partial charge in [-0.05, 0) is 18.1 Å². The predicted molar refractivity (Wildman–Crippen MR) is 67.3 cm³/mol. The van der Waals surface area contributed by atoms with E-state index >= 15 is 0 Å². The van der Waals surface area contributed by atoms with Crippen molar-refractivity contribution in [3.63, 3.8) is 0 Å². The highest BCUT2D eigenvalue weighted by Crippen LogP contribution is 2.11. The molecule has 1 amide bonds. The Bertz CT molecular complexity index is 436. The summed E-state index contributed by atoms with van der Waals surface area (Å²) in [5.41, 5.74) is 0.408. The van der Waals surface area contributed by atoms with Crippen LogP contribution in [0.15, 0.2) is 18.2 Å². The molecular formula is C12H14F2N2OS. The van der Waals surface area contributed by atoms with E-state index in [2.05, 4.69) is 10.6 Å². The molecule has 0 aromatic heterocycles. The minimum atomic E-state index is -0.590. The number of nitrogens with one attached hydrogen (secondary N) is 2. The van der Waals surface area contributed by atoms with Crippen LogP contribution in [0.1, 0.15) is 5.56 Å². The van der Waals surface area contributed by atoms with Gasteiger partial charge in [0.2, 0.25) is 5.91 Å². The Labute approximate surface area is 108 Å². The summed E-state index contributed by atoms with van der Waals surface area (Å²) < 4.78 is 26.0. The summed E-state index contributed by atoms with van der Waals surface area (Å²) in [4.78, 5) is 11.6. The van der Waals surface area contributed by atoms with Gasteiger partial charge in [0.1, 0.15) is 11.6 Å². The quantitative estimate of drug-likeness (QED) is 0.867. The summed E-state index contributed by atoms with van der Waals surface area (Å²) in [6.45, 7) is 0.351. The van der Waals surface area contributed by atoms with Crippen molar-refractivity contribution < 1.29 is 13.6 Å². The second-order valence-electron chi connectivity index (χ2n) is 4.05. The monoisotopic (exact) mass is 272 g/mol. The highest BCUT2D eigenvalue weighted by atomic mass is 32.2. The van der Waals surface area contributed by atoms with Crippen molar-refractivity contribution in [1.82, 2.24) is 10.6 Å². The Morgan fingerprint density at radius 3 is 3.00 bits per heavy atom. The van der Waals surface area contributed by atoms with Gasteiger partial charge in [0.05, 0.1) is 6.04 Å². The van der Waals surface area contributed by atoms with Crippen molar-refractivity contribution in [3.05, 3.63) is 35.4 Å². The Morgan fingerprint density at radius 1 is 1.50 bits per heavy atom. The largest absolute Gasteiger partial charge is 0.354 e. The first-order valence-corrected chi connectivity index (χ1v) is 6.85. The van der Waals surface area contributed by atoms with E-state index < -0.39 is 11.6 Å². The fourth-order valence-electron chi connectivity index (χ4n) is 1.73. The number of hydrogen-bond donors (Lipinski definition) is 2. The number of carbonyl (C=O) groups is 1. The van der Waals surface area contributed by atoms with E-state index in [1.54, 1.807) is 11.8 Å². The molecule has 0 saturated carbocycles. The van der Waals surface area contributed by atoms with Crippen LogP contribution in [0.5, 0.6) is 0 Å². The van der Waals surface area contributed by atoms with Crippen LogP contribution in [-0.4, -0.2) is 30.1 Å². The first-order chi connectivity index (χ1) is 8.66. The Morgan fingerprint density at radius 2 is 2.33 bits per heavy atom. The highest BCUT2D eigenvalue weighted by molar-refractivity contribution is 7.99. The van der Waals surface area contributed by atoms with E-state index in [-0.39, 0.29) is 11.9 Å². The lowest BCUT2D eigenvalue weighted by Gasteiger charge is -2.10. The van der Waals surface area contributed by atoms with Crippen molar-refractivity contribution in [1.29, 1.82) is 0 Å². The zero-order chi connectivity index (χ0) is 13.0. The molecule has 1 heterocycles. The fraction of sp³-hybridized carbons (Fsp3) is 0.417. The summed E-state index contributed by atoms with van der Waals surface area (Å²) in [5.74, 6) is 0.315. The van der Waals surface area contributed by atoms with Crippen molar-refractivity contribution in [3.8, 4) is 0 Å². The highest BCUT2D eigenvalue weighted by Gasteiger charge is 2.21. The first-order valence-electron chi connectivity index (χ1n) is 5.69. The lowest BCUT2D eigenvalue weighted by molar-refractivity contribution is -0.122. The van der Waals surface area contributed by atoms with Gasteiger partial charge in [0, 0.05) is 24.2 Å². The van der Waals surface area contributed by atoms with Gasteiger partial charge >= 0.3 is 0 Å². The molecule has 1 aliphatic heterocycles. The van der Waals surface area contributed by atoms with Gasteiger partial charge in [-0.25, -0.2) is 8.78 Å². The van der Waals surface area contributed by atoms with Gasteiger partial charge in [0.15, 0.2) is 0 Å². The normalized spacial score (nSPS) is 18.9. The van der Waals surface area contributed by atoms with Gasteiger partial charge in [-0.1, -0.05) is 6.07 Å². The standard InChI is InChI=1S/C12H14F2N2OS/c13-9-2-1-8(10(14)5-9)3-4-15-12(17)11-6-18-7-16-11/h1-2,5,11,16H,3-4,6-7H2,(H,15,17). The minimum Gasteiger partial charge on any atom is -0.354 e. The molecule has 0 spiro atoms. The van der Waals surface area contributed by atoms with E-state index in [4.69, 9.17) is 0 Å². The van der Waals surface area contributed by atoms with E-state index in [1.165, 1.54) is 12.1 Å². The second kappa shape index (κ2) is 6.15. The molecule has 1 atom stereocenters. The molecule has 6 heteroatoms. The molecule has 2 N–H and O–H groups in total. The van der Waals surface area contributed by atoms with Crippen LogP contribution in [0, 0.1) is 11.6 Å². The molecule has 1 aromatic carbocycles. The van der Waals surface area contributed by atoms with E-state index in [0.717, 1.165) is 17.7 Å². The molecule has 3 nitrogen and oxygen atoms in total. The summed E-state index contributed by atoms with van der Waals surface area (Å²) >= 11 is 1.67. The third-order valence-electron chi connectivity index (χ3n) is 2.74. The van der Waals surface area contributed by atoms with Crippen LogP contribution in [-0.2, 0) is 11.2 Å². The SMILES string of the molecule is O=C(NCCc1ccc(F)cc1F)C1CSCN1. The zero-order valence-corrected chi connectivity index (χ0v) is 10.5. The molecule has 1 unspecified atom stereocenters. The topological polar surface area (TPSA) is 41.1 Å². The lowest BCUT2D eigenvalue weighted by atomic mass is 10.1. The maximum Gasteiger partial charge on any atom is 0.238 e. The molecule has 0 bridgehead atoms. The molecule has 18 heavy (non-hydrogen) atoms. The van der Waals surface area contributed by atoms with Gasteiger partial charge in [-0.3, -0.25) is 10.1 Å². The molecule has 1 saturated heterocycles. The van der Waals surface area contributed by atoms with Crippen molar-refractivity contribution >= 4 is 17.7 Å². The molecular weight excluding hydrogens is 258 g/mol. The maximum atomic E-state index is 13.3. The van der Waals surface area contributed by atoms with Crippen molar-refractivity contribution in [2.45, 2.75) is 12.5 Å². The lowest BCUT2D eigenvalue weighted by Crippen LogP contribution is -2.42. The fourth-order valence-corrected chi connectivity index (χ4v) is 2.67. The zero-order valence-electron chi connectivity index (χ0n) is 9.71. The molecule has 1 aliphatic rings. The van der Waals surface area contributed by atoms with Crippen LogP contribution in [0.4, 0.5) is 8.78 Å². The van der Waals surface area contributed by atoms with E-state index in [9.17, 15) is 13.6 Å². The smallest absolute Gasteiger partial charge is 0.238 e. The summed E-state index contributed by atoms with van der Waals surface area (Å²) in [6, 6.07) is 3.32. The summed E-state index contributed by atoms with van der Waals surface area (Å²) in [5, 5.41) is 5.79. The van der Waals surface area contributed by atoms with E-state index in [0.29, 0.717) is 18.5 Å². The number of amides is 1. The van der Waals surface area contributed by atoms with Crippen LogP contribution < -0.4 is 10.6 Å². The Balaban J connectivity index is 1.79. The van der Waals surface area contributed by atoms with Gasteiger partial charge in [-0.15, -0.1) is 11.8 Å². The van der Waals surface area contributed by atoms with Gasteiger partial charge in [0.25, 0.3) is 0 Å². The van der Waals surface area contributed by atoms with E-state index in [1.807, 2.05) is 0 Å². The Kier molecular flexibility index (Phi) is 4.54. The molecule has 98 valence electrons. The van der Waals surface area contributed by atoms with Crippen LogP contribution in [0.2, 0.25) is 0 Å². The number of halogens is 2. The van der Waals surface area contributed by atoms with Crippen molar-refractivity contribution in [2.24, 2.45) is 0 Å². The molecule has 0 aliphatic carbocycles. The molecule has 2 rings (SSSR count). The van der Waals surface area contributed by atoms with Crippen LogP contribution in [0.3, 0.4) is 0 Å². The molecule has 1 aromatic rings. The predicted octanol–water partition coefficient (Wildman–Crippen LogP) is 1.29. The number of thioether (sulfide) groups is 1. The average Bonchev–Trinajstić information content (AvgIpc) is 2.85. The third-order valence-corrected chi connectivity index (χ3v) is 3.68. The number of hydrogen-bond acceptors (Lipinski definition) is 3. The minimum absolute atomic E-state index is 0.0671. The van der Waals surface area contributed by atoms with Crippen molar-refractivity contribution in [2.75, 3.05) is 18.2 Å². The summed E-state index contributed by atoms with van der Waals surface area (Å²) in [6.07, 6.45) is 0.359. The van der Waals surface area contributed by atoms with Crippen LogP contribution >= 0.6 is 11.8 Å². The Hall–Kier alpha value is -1.14. The van der Waals surface area contributed by atoms with Gasteiger partial charge < -0.3 is 5.32 Å². The molecule has 1 fully saturated rings. The number of carbonyl (C=O) groups excluding carboxylic acids is 1. The maximum absolute atomic E-state index is 13.3. The average molecular weight is 272 g/mol. The number of benzene rings is 1. The summed E-state index contributed by atoms with van der Waals surface area (Å²) in [7, 11) is 0. The number of rotatable bonds is 4.